The van der Waals surface area contributed by atoms with Gasteiger partial charge in [-0.05, 0) is 0 Å². The van der Waals surface area contributed by atoms with Crippen molar-refractivity contribution in [3.8, 4) is 0 Å². The molecule has 0 spiro atoms. The first-order chi connectivity index (χ1) is 6.42. The highest BCUT2D eigenvalue weighted by Gasteiger charge is 2.40. The molecule has 0 aromatic heterocycles. The molecule has 0 aromatic carbocycles. The quantitative estimate of drug-likeness (QED) is 0.410. The zero-order chi connectivity index (χ0) is 11.4. The molecule has 0 aliphatic carbocycles. The Hall–Kier alpha value is -0.0100. The number of hydrogen-bond acceptors (Lipinski definition) is 7. The van der Waals surface area contributed by atoms with Crippen LogP contribution in [0.4, 0.5) is 0 Å². The van der Waals surface area contributed by atoms with Crippen molar-refractivity contribution in [1.82, 2.24) is 0 Å². The van der Waals surface area contributed by atoms with Gasteiger partial charge in [-0.15, -0.1) is 0 Å². The second kappa shape index (κ2) is 5.77. The molecule has 3 atom stereocenters. The van der Waals surface area contributed by atoms with Crippen LogP contribution in [0.15, 0.2) is 0 Å². The van der Waals surface area contributed by atoms with Gasteiger partial charge in [0.25, 0.3) is 0 Å². The lowest BCUT2D eigenvalue weighted by atomic mass is 10.2. The van der Waals surface area contributed by atoms with Gasteiger partial charge in [-0.25, -0.2) is 0 Å². The average molecular weight is 230 g/mol. The van der Waals surface area contributed by atoms with Crippen molar-refractivity contribution in [2.75, 3.05) is 20.8 Å². The van der Waals surface area contributed by atoms with Crippen molar-refractivity contribution in [3.05, 3.63) is 0 Å². The zero-order valence-corrected chi connectivity index (χ0v) is 8.79. The van der Waals surface area contributed by atoms with Crippen LogP contribution in [0.2, 0.25) is 0 Å². The van der Waals surface area contributed by atoms with Crippen molar-refractivity contribution >= 4 is 7.60 Å². The smallest absolute Gasteiger partial charge is 0.361 e. The van der Waals surface area contributed by atoms with Gasteiger partial charge in [0.15, 0.2) is 5.85 Å². The second-order valence-corrected chi connectivity index (χ2v) is 4.90. The average Bonchev–Trinajstić information content (AvgIpc) is 2.24. The van der Waals surface area contributed by atoms with Gasteiger partial charge in [-0.3, -0.25) is 4.57 Å². The van der Waals surface area contributed by atoms with Crippen LogP contribution in [0, 0.1) is 0 Å². The molecule has 14 heavy (non-hydrogen) atoms. The molecule has 8 heteroatoms. The molecule has 0 radical (unpaired) electrons. The summed E-state index contributed by atoms with van der Waals surface area (Å²) in [5.74, 6) is -1.90. The highest BCUT2D eigenvalue weighted by Crippen LogP contribution is 2.51. The SMILES string of the molecule is COP(=O)(OC)[C@@H](O)[C@H](O)[C@H](O)CO. The third-order valence-electron chi connectivity index (χ3n) is 1.72. The molecule has 0 amide bonds. The fourth-order valence-corrected chi connectivity index (χ4v) is 1.94. The topological polar surface area (TPSA) is 116 Å². The van der Waals surface area contributed by atoms with Crippen molar-refractivity contribution in [3.63, 3.8) is 0 Å². The molecule has 0 fully saturated rings. The Morgan fingerprint density at radius 3 is 1.93 bits per heavy atom. The van der Waals surface area contributed by atoms with E-state index in [1.165, 1.54) is 0 Å². The van der Waals surface area contributed by atoms with E-state index in [0.717, 1.165) is 14.2 Å². The normalized spacial score (nSPS) is 19.0. The van der Waals surface area contributed by atoms with Crippen molar-refractivity contribution in [2.24, 2.45) is 0 Å². The van der Waals surface area contributed by atoms with Gasteiger partial charge in [-0.1, -0.05) is 0 Å². The van der Waals surface area contributed by atoms with Gasteiger partial charge in [0.1, 0.15) is 12.2 Å². The van der Waals surface area contributed by atoms with Crippen LogP contribution < -0.4 is 0 Å². The number of hydrogen-bond donors (Lipinski definition) is 4. The lowest BCUT2D eigenvalue weighted by Crippen LogP contribution is -2.39. The summed E-state index contributed by atoms with van der Waals surface area (Å²) in [5.41, 5.74) is 0. The van der Waals surface area contributed by atoms with Gasteiger partial charge in [0, 0.05) is 14.2 Å². The molecule has 0 bridgehead atoms. The van der Waals surface area contributed by atoms with E-state index in [1.54, 1.807) is 0 Å². The summed E-state index contributed by atoms with van der Waals surface area (Å²) in [6.07, 6.45) is -3.41. The van der Waals surface area contributed by atoms with Gasteiger partial charge < -0.3 is 29.5 Å². The van der Waals surface area contributed by atoms with E-state index in [1.807, 2.05) is 0 Å². The first-order valence-electron chi connectivity index (χ1n) is 3.79. The van der Waals surface area contributed by atoms with E-state index in [0.29, 0.717) is 0 Å². The fraction of sp³-hybridized carbons (Fsp3) is 1.00. The Labute approximate surface area is 81.4 Å². The first kappa shape index (κ1) is 14.0. The summed E-state index contributed by atoms with van der Waals surface area (Å²) in [6, 6.07) is 0. The van der Waals surface area contributed by atoms with E-state index >= 15 is 0 Å². The molecule has 0 saturated carbocycles. The van der Waals surface area contributed by atoms with E-state index in [-0.39, 0.29) is 0 Å². The van der Waals surface area contributed by atoms with Crippen LogP contribution in [0.3, 0.4) is 0 Å². The molecule has 86 valence electrons. The van der Waals surface area contributed by atoms with Gasteiger partial charge in [-0.2, -0.15) is 0 Å². The third kappa shape index (κ3) is 2.99. The number of rotatable bonds is 6. The van der Waals surface area contributed by atoms with Gasteiger partial charge in [0.05, 0.1) is 6.61 Å². The minimum Gasteiger partial charge on any atom is -0.394 e. The zero-order valence-electron chi connectivity index (χ0n) is 7.90. The summed E-state index contributed by atoms with van der Waals surface area (Å²) in [6.45, 7) is -0.772. The molecule has 0 unspecified atom stereocenters. The number of aliphatic hydroxyl groups excluding tert-OH is 4. The van der Waals surface area contributed by atoms with E-state index < -0.39 is 32.3 Å². The van der Waals surface area contributed by atoms with Crippen molar-refractivity contribution in [1.29, 1.82) is 0 Å². The lowest BCUT2D eigenvalue weighted by molar-refractivity contribution is -0.0587. The highest BCUT2D eigenvalue weighted by atomic mass is 31.2. The minimum atomic E-state index is -3.86. The molecule has 0 saturated heterocycles. The largest absolute Gasteiger partial charge is 0.394 e. The third-order valence-corrected chi connectivity index (χ3v) is 3.69. The fourth-order valence-electron chi connectivity index (χ4n) is 0.784. The monoisotopic (exact) mass is 230 g/mol. The maximum absolute atomic E-state index is 11.5. The Bertz CT molecular complexity index is 200. The summed E-state index contributed by atoms with van der Waals surface area (Å²) >= 11 is 0. The molecular weight excluding hydrogens is 215 g/mol. The maximum Gasteiger partial charge on any atom is 0.361 e. The van der Waals surface area contributed by atoms with Gasteiger partial charge >= 0.3 is 7.60 Å². The first-order valence-corrected chi connectivity index (χ1v) is 5.40. The molecule has 0 heterocycles. The lowest BCUT2D eigenvalue weighted by Gasteiger charge is -2.25. The van der Waals surface area contributed by atoms with Crippen LogP contribution in [-0.4, -0.2) is 59.3 Å². The van der Waals surface area contributed by atoms with Crippen LogP contribution in [0.1, 0.15) is 0 Å². The van der Waals surface area contributed by atoms with E-state index in [9.17, 15) is 14.8 Å². The summed E-state index contributed by atoms with van der Waals surface area (Å²) in [7, 11) is -1.79. The van der Waals surface area contributed by atoms with Crippen molar-refractivity contribution < 1.29 is 34.0 Å². The Kier molecular flexibility index (Phi) is 5.77. The van der Waals surface area contributed by atoms with Crippen molar-refractivity contribution in [2.45, 2.75) is 18.1 Å². The van der Waals surface area contributed by atoms with Crippen LogP contribution in [-0.2, 0) is 13.6 Å². The van der Waals surface area contributed by atoms with Crippen LogP contribution in [0.25, 0.3) is 0 Å². The molecule has 0 aromatic rings. The highest BCUT2D eigenvalue weighted by molar-refractivity contribution is 7.54. The summed E-state index contributed by atoms with van der Waals surface area (Å²) in [5, 5.41) is 35.9. The minimum absolute atomic E-state index is 0.772. The molecule has 0 aliphatic heterocycles. The molecule has 4 N–H and O–H groups in total. The Balaban J connectivity index is 4.58. The Morgan fingerprint density at radius 2 is 1.64 bits per heavy atom. The molecule has 7 nitrogen and oxygen atoms in total. The van der Waals surface area contributed by atoms with E-state index in [4.69, 9.17) is 10.2 Å². The Morgan fingerprint density at radius 1 is 1.21 bits per heavy atom. The number of aliphatic hydroxyl groups is 4. The molecule has 0 aliphatic rings. The summed E-state index contributed by atoms with van der Waals surface area (Å²) < 4.78 is 20.3. The predicted octanol–water partition coefficient (Wildman–Crippen LogP) is -1.50. The standard InChI is InChI=1S/C6H15O7P/c1-12-14(11,13-2)6(10)5(9)4(8)3-7/h4-10H,3H2,1-2H3/t4-,5-,6-/m1/s1. The van der Waals surface area contributed by atoms with Gasteiger partial charge in [0.2, 0.25) is 0 Å². The molecular formula is C6H15O7P. The van der Waals surface area contributed by atoms with Crippen LogP contribution >= 0.6 is 7.60 Å². The second-order valence-electron chi connectivity index (χ2n) is 2.56. The van der Waals surface area contributed by atoms with Crippen LogP contribution in [0.5, 0.6) is 0 Å². The van der Waals surface area contributed by atoms with E-state index in [2.05, 4.69) is 9.05 Å². The maximum atomic E-state index is 11.5. The predicted molar refractivity (Wildman–Crippen MR) is 46.7 cm³/mol. The summed E-state index contributed by atoms with van der Waals surface area (Å²) in [4.78, 5) is 0. The molecule has 0 rings (SSSR count).